The van der Waals surface area contributed by atoms with E-state index in [9.17, 15) is 13.2 Å². The van der Waals surface area contributed by atoms with Crippen molar-refractivity contribution in [2.24, 2.45) is 5.92 Å². The van der Waals surface area contributed by atoms with Gasteiger partial charge in [0.05, 0.1) is 18.7 Å². The number of hydrogen-bond acceptors (Lipinski definition) is 5. The number of rotatable bonds is 7. The molecule has 0 amide bonds. The van der Waals surface area contributed by atoms with E-state index in [0.717, 1.165) is 56.9 Å². The van der Waals surface area contributed by atoms with Crippen LogP contribution < -0.4 is 15.6 Å². The van der Waals surface area contributed by atoms with Crippen molar-refractivity contribution in [2.75, 3.05) is 19.7 Å². The van der Waals surface area contributed by atoms with Crippen molar-refractivity contribution in [3.05, 3.63) is 48.0 Å². The number of hydrogen-bond donors (Lipinski definition) is 3. The fourth-order valence-corrected chi connectivity index (χ4v) is 4.16. The zero-order chi connectivity index (χ0) is 20.3. The van der Waals surface area contributed by atoms with E-state index in [1.54, 1.807) is 12.3 Å². The molecular weight excluding hydrogens is 383 g/mol. The van der Waals surface area contributed by atoms with E-state index in [2.05, 4.69) is 25.7 Å². The van der Waals surface area contributed by atoms with Gasteiger partial charge in [-0.2, -0.15) is 13.2 Å². The summed E-state index contributed by atoms with van der Waals surface area (Å²) in [4.78, 5) is 9.85. The highest BCUT2D eigenvalue weighted by Gasteiger charge is 2.35. The van der Waals surface area contributed by atoms with E-state index in [4.69, 9.17) is 4.74 Å². The minimum atomic E-state index is -4.35. The number of nitrogens with one attached hydrogen (secondary N) is 3. The van der Waals surface area contributed by atoms with Gasteiger partial charge in [0, 0.05) is 31.0 Å². The van der Waals surface area contributed by atoms with Gasteiger partial charge in [0.25, 0.3) is 0 Å². The molecule has 3 atom stereocenters. The van der Waals surface area contributed by atoms with Crippen LogP contribution in [0, 0.1) is 5.92 Å². The van der Waals surface area contributed by atoms with Gasteiger partial charge in [0.2, 0.25) is 0 Å². The second kappa shape index (κ2) is 8.73. The number of likely N-dealkylation sites (tertiary alicyclic amines) is 1. The minimum absolute atomic E-state index is 0.255. The molecule has 0 bridgehead atoms. The van der Waals surface area contributed by atoms with E-state index < -0.39 is 11.7 Å². The smallest absolute Gasteiger partial charge is 0.416 e. The van der Waals surface area contributed by atoms with Crippen LogP contribution in [0.25, 0.3) is 0 Å². The molecule has 2 aromatic rings. The number of aromatic amines is 1. The molecule has 3 N–H and O–H groups in total. The van der Waals surface area contributed by atoms with Crippen LogP contribution in [0.1, 0.15) is 30.7 Å². The van der Waals surface area contributed by atoms with Crippen molar-refractivity contribution < 1.29 is 17.9 Å². The molecule has 158 valence electrons. The molecule has 2 aliphatic rings. The maximum atomic E-state index is 12.8. The van der Waals surface area contributed by atoms with E-state index in [1.807, 2.05) is 6.20 Å². The molecule has 2 aliphatic heterocycles. The van der Waals surface area contributed by atoms with Gasteiger partial charge in [-0.25, -0.2) is 4.98 Å². The summed E-state index contributed by atoms with van der Waals surface area (Å²) in [5, 5.41) is 0. The number of imidazole rings is 1. The van der Waals surface area contributed by atoms with E-state index >= 15 is 0 Å². The van der Waals surface area contributed by atoms with E-state index in [1.165, 1.54) is 6.07 Å². The first kappa shape index (κ1) is 20.2. The van der Waals surface area contributed by atoms with Gasteiger partial charge in [-0.3, -0.25) is 15.8 Å². The van der Waals surface area contributed by atoms with Gasteiger partial charge in [-0.15, -0.1) is 0 Å². The summed E-state index contributed by atoms with van der Waals surface area (Å²) >= 11 is 0. The van der Waals surface area contributed by atoms with Crippen LogP contribution in [0.3, 0.4) is 0 Å². The van der Waals surface area contributed by atoms with Gasteiger partial charge in [-0.1, -0.05) is 6.07 Å². The highest BCUT2D eigenvalue weighted by molar-refractivity contribution is 5.30. The standard InChI is InChI=1S/C20H26F3N5O/c21-20(22,23)15-2-1-3-17(10-15)29-9-5-16-11-18(27-26-16)14-4-8-28(12-14)13-19-24-6-7-25-19/h1-3,6-7,10,14,16,18,26-27H,4-5,8-9,11-13H2,(H,24,25). The maximum absolute atomic E-state index is 12.8. The summed E-state index contributed by atoms with van der Waals surface area (Å²) in [5.74, 6) is 1.83. The molecule has 2 saturated heterocycles. The first-order chi connectivity index (χ1) is 14.0. The Morgan fingerprint density at radius 1 is 1.24 bits per heavy atom. The van der Waals surface area contributed by atoms with Gasteiger partial charge in [-0.05, 0) is 49.9 Å². The third-order valence-corrected chi connectivity index (χ3v) is 5.71. The van der Waals surface area contributed by atoms with Crippen LogP contribution >= 0.6 is 0 Å². The molecular formula is C20H26F3N5O. The third-order valence-electron chi connectivity index (χ3n) is 5.71. The second-order valence-corrected chi connectivity index (χ2v) is 7.81. The Balaban J connectivity index is 1.19. The summed E-state index contributed by atoms with van der Waals surface area (Å²) in [7, 11) is 0. The van der Waals surface area contributed by atoms with Crippen molar-refractivity contribution in [2.45, 2.75) is 44.1 Å². The molecule has 9 heteroatoms. The molecule has 2 fully saturated rings. The molecule has 0 radical (unpaired) electrons. The van der Waals surface area contributed by atoms with Crippen molar-refractivity contribution in [1.29, 1.82) is 0 Å². The van der Waals surface area contributed by atoms with Crippen LogP contribution in [0.2, 0.25) is 0 Å². The number of nitrogens with zero attached hydrogens (tertiary/aromatic N) is 2. The number of benzene rings is 1. The fourth-order valence-electron chi connectivity index (χ4n) is 4.16. The highest BCUT2D eigenvalue weighted by Crippen LogP contribution is 2.31. The van der Waals surface area contributed by atoms with Crippen LogP contribution in [-0.4, -0.2) is 46.6 Å². The molecule has 3 heterocycles. The lowest BCUT2D eigenvalue weighted by Gasteiger charge is -2.19. The summed E-state index contributed by atoms with van der Waals surface area (Å²) in [6.45, 7) is 3.32. The molecule has 0 spiro atoms. The Morgan fingerprint density at radius 2 is 2.14 bits per heavy atom. The Bertz CT molecular complexity index is 783. The zero-order valence-electron chi connectivity index (χ0n) is 16.1. The molecule has 3 unspecified atom stereocenters. The van der Waals surface area contributed by atoms with Gasteiger partial charge in [0.1, 0.15) is 11.6 Å². The summed E-state index contributed by atoms with van der Waals surface area (Å²) in [6, 6.07) is 5.69. The minimum Gasteiger partial charge on any atom is -0.494 e. The van der Waals surface area contributed by atoms with Crippen molar-refractivity contribution >= 4 is 0 Å². The average Bonchev–Trinajstić information content (AvgIpc) is 3.43. The van der Waals surface area contributed by atoms with Crippen molar-refractivity contribution in [3.63, 3.8) is 0 Å². The SMILES string of the molecule is FC(F)(F)c1cccc(OCCC2CC(C3CCN(Cc4ncc[nH]4)C3)NN2)c1. The summed E-state index contributed by atoms with van der Waals surface area (Å²) in [5.41, 5.74) is 6.04. The zero-order valence-corrected chi connectivity index (χ0v) is 16.1. The molecule has 1 aromatic carbocycles. The number of aromatic nitrogens is 2. The second-order valence-electron chi connectivity index (χ2n) is 7.81. The van der Waals surface area contributed by atoms with Crippen molar-refractivity contribution in [3.8, 4) is 5.75 Å². The largest absolute Gasteiger partial charge is 0.494 e. The number of H-pyrrole nitrogens is 1. The van der Waals surface area contributed by atoms with E-state index in [0.29, 0.717) is 18.6 Å². The average molecular weight is 409 g/mol. The summed E-state index contributed by atoms with van der Waals surface area (Å²) in [6.07, 6.45) is 2.14. The lowest BCUT2D eigenvalue weighted by molar-refractivity contribution is -0.137. The summed E-state index contributed by atoms with van der Waals surface area (Å²) < 4.78 is 43.9. The topological polar surface area (TPSA) is 65.2 Å². The molecule has 29 heavy (non-hydrogen) atoms. The number of ether oxygens (including phenoxy) is 1. The fraction of sp³-hybridized carbons (Fsp3) is 0.550. The number of alkyl halides is 3. The van der Waals surface area contributed by atoms with Crippen molar-refractivity contribution in [1.82, 2.24) is 25.7 Å². The Morgan fingerprint density at radius 3 is 2.93 bits per heavy atom. The number of hydrazine groups is 1. The third kappa shape index (κ3) is 5.29. The Labute approximate surface area is 167 Å². The first-order valence-corrected chi connectivity index (χ1v) is 9.99. The lowest BCUT2D eigenvalue weighted by atomic mass is 9.94. The van der Waals surface area contributed by atoms with Gasteiger partial charge in [0.15, 0.2) is 0 Å². The Kier molecular flexibility index (Phi) is 6.07. The molecule has 1 aromatic heterocycles. The Hall–Kier alpha value is -2.10. The van der Waals surface area contributed by atoms with Gasteiger partial charge >= 0.3 is 6.18 Å². The predicted molar refractivity (Wildman–Crippen MR) is 102 cm³/mol. The normalized spacial score (nSPS) is 25.6. The predicted octanol–water partition coefficient (Wildman–Crippen LogP) is 2.95. The molecule has 4 rings (SSSR count). The van der Waals surface area contributed by atoms with E-state index in [-0.39, 0.29) is 11.8 Å². The van der Waals surface area contributed by atoms with Crippen LogP contribution in [-0.2, 0) is 12.7 Å². The quantitative estimate of drug-likeness (QED) is 0.656. The van der Waals surface area contributed by atoms with Crippen LogP contribution in [0.5, 0.6) is 5.75 Å². The van der Waals surface area contributed by atoms with Gasteiger partial charge < -0.3 is 9.72 Å². The maximum Gasteiger partial charge on any atom is 0.416 e. The lowest BCUT2D eigenvalue weighted by Crippen LogP contribution is -2.38. The molecule has 6 nitrogen and oxygen atoms in total. The highest BCUT2D eigenvalue weighted by atomic mass is 19.4. The monoisotopic (exact) mass is 409 g/mol. The molecule has 0 aliphatic carbocycles. The van der Waals surface area contributed by atoms with Crippen LogP contribution in [0.4, 0.5) is 13.2 Å². The molecule has 0 saturated carbocycles. The van der Waals surface area contributed by atoms with Crippen LogP contribution in [0.15, 0.2) is 36.7 Å². The first-order valence-electron chi connectivity index (χ1n) is 9.99. The number of halogens is 3.